The number of aryl methyl sites for hydroxylation is 1. The molecule has 5 heteroatoms. The number of amides is 1. The van der Waals surface area contributed by atoms with Crippen LogP contribution in [0, 0.1) is 0 Å². The number of carbonyl (C=O) groups excluding carboxylic acids is 1. The lowest BCUT2D eigenvalue weighted by molar-refractivity contribution is -0.121. The molecule has 0 fully saturated rings. The van der Waals surface area contributed by atoms with Crippen molar-refractivity contribution in [2.45, 2.75) is 39.3 Å². The lowest BCUT2D eigenvalue weighted by Crippen LogP contribution is -2.38. The molecule has 1 aromatic rings. The number of rotatable bonds is 5. The van der Waals surface area contributed by atoms with Crippen LogP contribution >= 0.6 is 0 Å². The molecule has 17 heavy (non-hydrogen) atoms. The fraction of sp³-hybridized carbons (Fsp3) is 0.667. The van der Waals surface area contributed by atoms with Gasteiger partial charge in [-0.3, -0.25) is 9.48 Å². The zero-order valence-electron chi connectivity index (χ0n) is 11.1. The Bertz CT molecular complexity index is 365. The largest absolute Gasteiger partial charge is 0.350 e. The highest BCUT2D eigenvalue weighted by Crippen LogP contribution is 1.98. The van der Waals surface area contributed by atoms with Gasteiger partial charge in [-0.15, -0.1) is 0 Å². The van der Waals surface area contributed by atoms with Crippen LogP contribution in [0.4, 0.5) is 0 Å². The maximum atomic E-state index is 11.6. The molecule has 0 radical (unpaired) electrons. The first-order valence-corrected chi connectivity index (χ1v) is 5.87. The predicted octanol–water partition coefficient (Wildman–Crippen LogP) is 0.814. The van der Waals surface area contributed by atoms with Crippen LogP contribution in [-0.2, 0) is 18.4 Å². The molecule has 0 saturated heterocycles. The number of carbonyl (C=O) groups is 1. The van der Waals surface area contributed by atoms with Crippen LogP contribution < -0.4 is 10.6 Å². The summed E-state index contributed by atoms with van der Waals surface area (Å²) in [5.74, 6) is 0.0583. The summed E-state index contributed by atoms with van der Waals surface area (Å²) in [6.07, 6.45) is 2.22. The topological polar surface area (TPSA) is 59.0 Å². The number of nitrogens with zero attached hydrogens (tertiary/aromatic N) is 2. The zero-order chi connectivity index (χ0) is 12.9. The van der Waals surface area contributed by atoms with Crippen LogP contribution in [-0.4, -0.2) is 27.8 Å². The molecule has 0 bridgehead atoms. The summed E-state index contributed by atoms with van der Waals surface area (Å²) >= 11 is 0. The average molecular weight is 238 g/mol. The van der Waals surface area contributed by atoms with E-state index in [1.807, 2.05) is 13.1 Å². The molecule has 1 rings (SSSR count). The van der Waals surface area contributed by atoms with Gasteiger partial charge in [-0.1, -0.05) is 0 Å². The normalized spacial score (nSPS) is 11.5. The number of hydrogen-bond acceptors (Lipinski definition) is 3. The van der Waals surface area contributed by atoms with E-state index in [0.29, 0.717) is 19.5 Å². The summed E-state index contributed by atoms with van der Waals surface area (Å²) < 4.78 is 1.76. The minimum Gasteiger partial charge on any atom is -0.350 e. The third-order valence-electron chi connectivity index (χ3n) is 2.40. The molecule has 0 spiro atoms. The minimum absolute atomic E-state index is 0.0579. The van der Waals surface area contributed by atoms with Gasteiger partial charge in [0.15, 0.2) is 0 Å². The first-order chi connectivity index (χ1) is 7.88. The second kappa shape index (κ2) is 5.82. The molecule has 0 aliphatic heterocycles. The summed E-state index contributed by atoms with van der Waals surface area (Å²) in [4.78, 5) is 11.6. The smallest absolute Gasteiger partial charge is 0.221 e. The molecule has 1 amide bonds. The summed E-state index contributed by atoms with van der Waals surface area (Å²) in [6.45, 7) is 7.48. The zero-order valence-corrected chi connectivity index (χ0v) is 11.1. The third-order valence-corrected chi connectivity index (χ3v) is 2.40. The van der Waals surface area contributed by atoms with Gasteiger partial charge in [0.25, 0.3) is 0 Å². The van der Waals surface area contributed by atoms with Crippen molar-refractivity contribution in [3.63, 3.8) is 0 Å². The quantitative estimate of drug-likeness (QED) is 0.798. The van der Waals surface area contributed by atoms with Crippen LogP contribution in [0.1, 0.15) is 32.9 Å². The molecule has 1 aromatic heterocycles. The molecule has 1 heterocycles. The van der Waals surface area contributed by atoms with Crippen molar-refractivity contribution < 1.29 is 4.79 Å². The Balaban J connectivity index is 2.20. The van der Waals surface area contributed by atoms with E-state index >= 15 is 0 Å². The minimum atomic E-state index is 0.0579. The van der Waals surface area contributed by atoms with Crippen LogP contribution in [0.5, 0.6) is 0 Å². The van der Waals surface area contributed by atoms with Crippen molar-refractivity contribution in [3.8, 4) is 0 Å². The van der Waals surface area contributed by atoms with Gasteiger partial charge in [-0.25, -0.2) is 0 Å². The van der Waals surface area contributed by atoms with E-state index in [1.165, 1.54) is 0 Å². The van der Waals surface area contributed by atoms with Crippen molar-refractivity contribution in [2.24, 2.45) is 7.05 Å². The van der Waals surface area contributed by atoms with Gasteiger partial charge in [0, 0.05) is 31.7 Å². The van der Waals surface area contributed by atoms with Gasteiger partial charge < -0.3 is 10.6 Å². The van der Waals surface area contributed by atoms with Crippen molar-refractivity contribution in [2.75, 3.05) is 6.54 Å². The van der Waals surface area contributed by atoms with E-state index in [0.717, 1.165) is 5.69 Å². The highest BCUT2D eigenvalue weighted by molar-refractivity contribution is 5.75. The molecule has 0 atom stereocenters. The lowest BCUT2D eigenvalue weighted by Gasteiger charge is -2.20. The van der Waals surface area contributed by atoms with Crippen molar-refractivity contribution in [1.82, 2.24) is 20.4 Å². The molecule has 5 nitrogen and oxygen atoms in total. The van der Waals surface area contributed by atoms with Crippen molar-refractivity contribution in [1.29, 1.82) is 0 Å². The molecular weight excluding hydrogens is 216 g/mol. The maximum absolute atomic E-state index is 11.6. The van der Waals surface area contributed by atoms with Crippen LogP contribution in [0.15, 0.2) is 12.3 Å². The third kappa shape index (κ3) is 5.49. The van der Waals surface area contributed by atoms with Crippen molar-refractivity contribution >= 4 is 5.91 Å². The van der Waals surface area contributed by atoms with Crippen LogP contribution in [0.2, 0.25) is 0 Å². The fourth-order valence-electron chi connectivity index (χ4n) is 1.40. The standard InChI is InChI=1S/C12H22N4O/c1-12(2,3)14-7-6-11(17)13-9-10-5-8-15-16(10)4/h5,8,14H,6-7,9H2,1-4H3,(H,13,17). The predicted molar refractivity (Wildman–Crippen MR) is 67.4 cm³/mol. The molecule has 0 aliphatic carbocycles. The first kappa shape index (κ1) is 13.7. The Labute approximate surface area is 103 Å². The number of hydrogen-bond donors (Lipinski definition) is 2. The van der Waals surface area contributed by atoms with E-state index in [1.54, 1.807) is 10.9 Å². The highest BCUT2D eigenvalue weighted by Gasteiger charge is 2.09. The fourth-order valence-corrected chi connectivity index (χ4v) is 1.40. The molecule has 2 N–H and O–H groups in total. The van der Waals surface area contributed by atoms with E-state index in [4.69, 9.17) is 0 Å². The summed E-state index contributed by atoms with van der Waals surface area (Å²) in [5, 5.41) is 10.2. The summed E-state index contributed by atoms with van der Waals surface area (Å²) in [6, 6.07) is 1.90. The highest BCUT2D eigenvalue weighted by atomic mass is 16.1. The number of nitrogens with one attached hydrogen (secondary N) is 2. The summed E-state index contributed by atoms with van der Waals surface area (Å²) in [7, 11) is 1.86. The average Bonchev–Trinajstić information content (AvgIpc) is 2.59. The monoisotopic (exact) mass is 238 g/mol. The van der Waals surface area contributed by atoms with E-state index in [9.17, 15) is 4.79 Å². The van der Waals surface area contributed by atoms with Gasteiger partial charge in [-0.2, -0.15) is 5.10 Å². The second-order valence-electron chi connectivity index (χ2n) is 5.15. The van der Waals surface area contributed by atoms with Gasteiger partial charge in [0.1, 0.15) is 0 Å². The Kier molecular flexibility index (Phi) is 4.69. The van der Waals surface area contributed by atoms with Gasteiger partial charge in [-0.05, 0) is 26.8 Å². The number of aromatic nitrogens is 2. The molecule has 96 valence electrons. The van der Waals surface area contributed by atoms with Gasteiger partial charge >= 0.3 is 0 Å². The molecule has 0 saturated carbocycles. The Morgan fingerprint density at radius 2 is 2.18 bits per heavy atom. The van der Waals surface area contributed by atoms with E-state index in [-0.39, 0.29) is 11.4 Å². The van der Waals surface area contributed by atoms with Crippen LogP contribution in [0.25, 0.3) is 0 Å². The van der Waals surface area contributed by atoms with Crippen LogP contribution in [0.3, 0.4) is 0 Å². The van der Waals surface area contributed by atoms with Crippen molar-refractivity contribution in [3.05, 3.63) is 18.0 Å². The lowest BCUT2D eigenvalue weighted by atomic mass is 10.1. The van der Waals surface area contributed by atoms with E-state index < -0.39 is 0 Å². The maximum Gasteiger partial charge on any atom is 0.221 e. The molecule has 0 aromatic carbocycles. The SMILES string of the molecule is Cn1nccc1CNC(=O)CCNC(C)(C)C. The Hall–Kier alpha value is -1.36. The summed E-state index contributed by atoms with van der Waals surface area (Å²) in [5.41, 5.74) is 1.06. The Morgan fingerprint density at radius 3 is 2.71 bits per heavy atom. The molecule has 0 unspecified atom stereocenters. The second-order valence-corrected chi connectivity index (χ2v) is 5.15. The Morgan fingerprint density at radius 1 is 1.47 bits per heavy atom. The molecular formula is C12H22N4O. The molecule has 0 aliphatic rings. The van der Waals surface area contributed by atoms with Gasteiger partial charge in [0.05, 0.1) is 12.2 Å². The van der Waals surface area contributed by atoms with Gasteiger partial charge in [0.2, 0.25) is 5.91 Å². The van der Waals surface area contributed by atoms with E-state index in [2.05, 4.69) is 36.5 Å². The first-order valence-electron chi connectivity index (χ1n) is 5.87.